The fourth-order valence-corrected chi connectivity index (χ4v) is 4.32. The van der Waals surface area contributed by atoms with Crippen molar-refractivity contribution < 1.29 is 5.11 Å². The molecule has 2 aliphatic rings. The first kappa shape index (κ1) is 14.9. The first-order chi connectivity index (χ1) is 9.97. The van der Waals surface area contributed by atoms with Crippen LogP contribution in [0.1, 0.15) is 45.6 Å². The van der Waals surface area contributed by atoms with Crippen molar-refractivity contribution in [1.82, 2.24) is 0 Å². The molecule has 3 unspecified atom stereocenters. The lowest BCUT2D eigenvalue weighted by Crippen LogP contribution is -2.47. The summed E-state index contributed by atoms with van der Waals surface area (Å²) in [4.78, 5) is 2.53. The van der Waals surface area contributed by atoms with Crippen LogP contribution in [-0.2, 0) is 6.42 Å². The van der Waals surface area contributed by atoms with Crippen molar-refractivity contribution in [3.63, 3.8) is 0 Å². The zero-order valence-corrected chi connectivity index (χ0v) is 13.7. The second kappa shape index (κ2) is 5.64. The molecule has 0 amide bonds. The summed E-state index contributed by atoms with van der Waals surface area (Å²) in [7, 11) is 0. The first-order valence-corrected chi connectivity index (χ1v) is 8.48. The predicted molar refractivity (Wildman–Crippen MR) is 88.7 cm³/mol. The number of benzene rings is 1. The van der Waals surface area contributed by atoms with Crippen LogP contribution < -0.4 is 4.90 Å². The lowest BCUT2D eigenvalue weighted by Gasteiger charge is -2.44. The van der Waals surface area contributed by atoms with Gasteiger partial charge in [0.1, 0.15) is 0 Å². The van der Waals surface area contributed by atoms with Gasteiger partial charge in [0.2, 0.25) is 0 Å². The van der Waals surface area contributed by atoms with Crippen molar-refractivity contribution in [2.75, 3.05) is 18.0 Å². The van der Waals surface area contributed by atoms with Crippen LogP contribution in [0.25, 0.3) is 0 Å². The summed E-state index contributed by atoms with van der Waals surface area (Å²) in [6, 6.07) is 8.80. The second-order valence-corrected chi connectivity index (χ2v) is 7.93. The molecule has 21 heavy (non-hydrogen) atoms. The van der Waals surface area contributed by atoms with Crippen molar-refractivity contribution in [2.45, 2.75) is 52.6 Å². The fourth-order valence-electron chi connectivity index (χ4n) is 4.32. The summed E-state index contributed by atoms with van der Waals surface area (Å²) in [6.45, 7) is 8.91. The zero-order valence-electron chi connectivity index (χ0n) is 13.7. The molecular weight excluding hydrogens is 258 g/mol. The van der Waals surface area contributed by atoms with Gasteiger partial charge >= 0.3 is 0 Å². The van der Waals surface area contributed by atoms with Gasteiger partial charge in [-0.25, -0.2) is 0 Å². The molecule has 1 aliphatic carbocycles. The summed E-state index contributed by atoms with van der Waals surface area (Å²) in [5.74, 6) is 1.11. The van der Waals surface area contributed by atoms with Gasteiger partial charge < -0.3 is 10.0 Å². The summed E-state index contributed by atoms with van der Waals surface area (Å²) >= 11 is 0. The average molecular weight is 287 g/mol. The highest BCUT2D eigenvalue weighted by molar-refractivity contribution is 5.55. The molecular formula is C19H29NO. The molecule has 3 atom stereocenters. The van der Waals surface area contributed by atoms with Crippen LogP contribution in [0.15, 0.2) is 24.3 Å². The Bertz CT molecular complexity index is 496. The molecule has 0 spiro atoms. The summed E-state index contributed by atoms with van der Waals surface area (Å²) in [5, 5.41) is 10.7. The maximum Gasteiger partial charge on any atom is 0.0636 e. The number of fused-ring (bicyclic) bond motifs is 1. The van der Waals surface area contributed by atoms with Crippen LogP contribution in [0.3, 0.4) is 0 Å². The molecule has 1 N–H and O–H groups in total. The fraction of sp³-hybridized carbons (Fsp3) is 0.684. The van der Waals surface area contributed by atoms with E-state index in [1.54, 1.807) is 0 Å². The van der Waals surface area contributed by atoms with E-state index in [0.717, 1.165) is 25.9 Å². The Hall–Kier alpha value is -1.02. The van der Waals surface area contributed by atoms with Gasteiger partial charge in [0.05, 0.1) is 6.10 Å². The van der Waals surface area contributed by atoms with E-state index < -0.39 is 0 Å². The molecule has 0 bridgehead atoms. The van der Waals surface area contributed by atoms with Crippen LogP contribution >= 0.6 is 0 Å². The van der Waals surface area contributed by atoms with Crippen LogP contribution in [0.5, 0.6) is 0 Å². The Labute approximate surface area is 129 Å². The molecule has 0 radical (unpaired) electrons. The van der Waals surface area contributed by atoms with Crippen LogP contribution in [0.2, 0.25) is 0 Å². The number of hydrogen-bond acceptors (Lipinski definition) is 2. The average Bonchev–Trinajstić information content (AvgIpc) is 2.43. The molecule has 1 saturated carbocycles. The molecule has 2 heteroatoms. The van der Waals surface area contributed by atoms with Gasteiger partial charge in [-0.15, -0.1) is 0 Å². The molecule has 116 valence electrons. The molecule has 1 fully saturated rings. The summed E-state index contributed by atoms with van der Waals surface area (Å²) in [6.07, 6.45) is 4.58. The third-order valence-electron chi connectivity index (χ3n) is 5.53. The van der Waals surface area contributed by atoms with Crippen LogP contribution in [0.4, 0.5) is 5.69 Å². The number of aliphatic hydroxyl groups excluding tert-OH is 1. The summed E-state index contributed by atoms with van der Waals surface area (Å²) in [5.41, 5.74) is 2.94. The largest absolute Gasteiger partial charge is 0.392 e. The number of para-hydroxylation sites is 1. The quantitative estimate of drug-likeness (QED) is 0.892. The number of anilines is 1. The number of aliphatic hydroxyl groups is 1. The highest BCUT2D eigenvalue weighted by atomic mass is 16.3. The SMILES string of the molecule is CC1Cc2ccccc2N(CC2CCCC(C)(C)C2O)C1. The Balaban J connectivity index is 1.79. The van der Waals surface area contributed by atoms with E-state index in [0.29, 0.717) is 11.8 Å². The third kappa shape index (κ3) is 2.96. The Morgan fingerprint density at radius 2 is 2.05 bits per heavy atom. The first-order valence-electron chi connectivity index (χ1n) is 8.48. The highest BCUT2D eigenvalue weighted by Crippen LogP contribution is 2.40. The molecule has 2 nitrogen and oxygen atoms in total. The maximum absolute atomic E-state index is 10.7. The lowest BCUT2D eigenvalue weighted by molar-refractivity contribution is -0.0295. The van der Waals surface area contributed by atoms with Gasteiger partial charge in [-0.1, -0.05) is 45.4 Å². The van der Waals surface area contributed by atoms with Gasteiger partial charge in [0.25, 0.3) is 0 Å². The van der Waals surface area contributed by atoms with Gasteiger partial charge in [-0.2, -0.15) is 0 Å². The van der Waals surface area contributed by atoms with Gasteiger partial charge in [0, 0.05) is 24.7 Å². The number of nitrogens with zero attached hydrogens (tertiary/aromatic N) is 1. The number of rotatable bonds is 2. The van der Waals surface area contributed by atoms with Crippen molar-refractivity contribution in [3.8, 4) is 0 Å². The Morgan fingerprint density at radius 1 is 1.29 bits per heavy atom. The molecule has 1 aromatic rings. The minimum Gasteiger partial charge on any atom is -0.392 e. The van der Waals surface area contributed by atoms with Crippen molar-refractivity contribution in [3.05, 3.63) is 29.8 Å². The molecule has 0 aromatic heterocycles. The van der Waals surface area contributed by atoms with E-state index in [1.165, 1.54) is 24.1 Å². The minimum absolute atomic E-state index is 0.0733. The van der Waals surface area contributed by atoms with Crippen LogP contribution in [-0.4, -0.2) is 24.3 Å². The van der Waals surface area contributed by atoms with E-state index >= 15 is 0 Å². The molecule has 1 aromatic carbocycles. The minimum atomic E-state index is -0.171. The summed E-state index contributed by atoms with van der Waals surface area (Å²) < 4.78 is 0. The monoisotopic (exact) mass is 287 g/mol. The molecule has 1 heterocycles. The predicted octanol–water partition coefficient (Wildman–Crippen LogP) is 3.87. The van der Waals surface area contributed by atoms with E-state index in [-0.39, 0.29) is 11.5 Å². The second-order valence-electron chi connectivity index (χ2n) is 7.93. The lowest BCUT2D eigenvalue weighted by atomic mass is 9.69. The van der Waals surface area contributed by atoms with Crippen molar-refractivity contribution >= 4 is 5.69 Å². The van der Waals surface area contributed by atoms with Gasteiger partial charge in [-0.3, -0.25) is 0 Å². The van der Waals surface area contributed by atoms with E-state index in [4.69, 9.17) is 0 Å². The van der Waals surface area contributed by atoms with E-state index in [1.807, 2.05) is 0 Å². The topological polar surface area (TPSA) is 23.5 Å². The normalized spacial score (nSPS) is 31.8. The number of hydrogen-bond donors (Lipinski definition) is 1. The molecule has 1 aliphatic heterocycles. The van der Waals surface area contributed by atoms with Crippen molar-refractivity contribution in [2.24, 2.45) is 17.3 Å². The smallest absolute Gasteiger partial charge is 0.0636 e. The molecule has 3 rings (SSSR count). The van der Waals surface area contributed by atoms with E-state index in [2.05, 4.69) is 49.9 Å². The van der Waals surface area contributed by atoms with Gasteiger partial charge in [0.15, 0.2) is 0 Å². The Kier molecular flexibility index (Phi) is 4.00. The standard InChI is InChI=1S/C19H29NO/c1-14-11-15-7-4-5-9-17(15)20(12-14)13-16-8-6-10-19(2,3)18(16)21/h4-5,7,9,14,16,18,21H,6,8,10-13H2,1-3H3. The zero-order chi connectivity index (χ0) is 15.0. The van der Waals surface area contributed by atoms with E-state index in [9.17, 15) is 5.11 Å². The van der Waals surface area contributed by atoms with Gasteiger partial charge in [-0.05, 0) is 42.2 Å². The Morgan fingerprint density at radius 3 is 2.86 bits per heavy atom. The van der Waals surface area contributed by atoms with Crippen LogP contribution in [0, 0.1) is 17.3 Å². The third-order valence-corrected chi connectivity index (χ3v) is 5.53. The molecule has 0 saturated heterocycles. The van der Waals surface area contributed by atoms with Crippen molar-refractivity contribution in [1.29, 1.82) is 0 Å². The maximum atomic E-state index is 10.7. The highest BCUT2D eigenvalue weighted by Gasteiger charge is 2.38.